The molecule has 28 heavy (non-hydrogen) atoms. The molecule has 0 fully saturated rings. The number of carbonyl (C=O) groups is 3. The number of hydrogen-bond donors (Lipinski definition) is 2. The predicted octanol–water partition coefficient (Wildman–Crippen LogP) is 3.69. The molecule has 0 saturated carbocycles. The Bertz CT molecular complexity index is 673. The Morgan fingerprint density at radius 1 is 1.18 bits per heavy atom. The van der Waals surface area contributed by atoms with E-state index in [2.05, 4.69) is 15.4 Å². The van der Waals surface area contributed by atoms with Crippen molar-refractivity contribution >= 4 is 52.7 Å². The summed E-state index contributed by atoms with van der Waals surface area (Å²) in [6, 6.07) is 3.95. The van der Waals surface area contributed by atoms with Crippen LogP contribution >= 0.6 is 35.0 Å². The van der Waals surface area contributed by atoms with Crippen LogP contribution in [0.5, 0.6) is 0 Å². The van der Waals surface area contributed by atoms with Crippen LogP contribution in [0, 0.1) is 0 Å². The summed E-state index contributed by atoms with van der Waals surface area (Å²) in [7, 11) is 1.36. The highest BCUT2D eigenvalue weighted by molar-refractivity contribution is 7.98. The van der Waals surface area contributed by atoms with E-state index in [1.165, 1.54) is 19.2 Å². The lowest BCUT2D eigenvalue weighted by atomic mass is 10.1. The van der Waals surface area contributed by atoms with Gasteiger partial charge in [-0.15, -0.1) is 0 Å². The lowest BCUT2D eigenvalue weighted by Crippen LogP contribution is -2.47. The van der Waals surface area contributed by atoms with E-state index in [0.717, 1.165) is 18.6 Å². The molecule has 2 N–H and O–H groups in total. The molecular weight excluding hydrogens is 423 g/mol. The zero-order valence-corrected chi connectivity index (χ0v) is 18.4. The van der Waals surface area contributed by atoms with E-state index in [0.29, 0.717) is 30.8 Å². The summed E-state index contributed by atoms with van der Waals surface area (Å²) in [6.07, 6.45) is 5.08. The zero-order chi connectivity index (χ0) is 20.9. The molecule has 0 radical (unpaired) electrons. The average Bonchev–Trinajstić information content (AvgIpc) is 2.67. The highest BCUT2D eigenvalue weighted by atomic mass is 35.5. The van der Waals surface area contributed by atoms with Gasteiger partial charge in [0.15, 0.2) is 0 Å². The topological polar surface area (TPSA) is 84.5 Å². The van der Waals surface area contributed by atoms with Gasteiger partial charge in [-0.1, -0.05) is 29.6 Å². The van der Waals surface area contributed by atoms with E-state index in [9.17, 15) is 14.4 Å². The molecule has 1 unspecified atom stereocenters. The number of carbonyl (C=O) groups excluding carboxylic acids is 3. The van der Waals surface area contributed by atoms with E-state index in [-0.39, 0.29) is 22.5 Å². The zero-order valence-electron chi connectivity index (χ0n) is 16.1. The molecule has 1 rings (SSSR count). The third-order valence-electron chi connectivity index (χ3n) is 3.99. The number of nitrogens with one attached hydrogen (secondary N) is 2. The molecular formula is C19H26Cl2N2O4S. The van der Waals surface area contributed by atoms with Gasteiger partial charge in [0.05, 0.1) is 17.7 Å². The fourth-order valence-electron chi connectivity index (χ4n) is 2.42. The Morgan fingerprint density at radius 2 is 1.93 bits per heavy atom. The van der Waals surface area contributed by atoms with Crippen molar-refractivity contribution in [2.75, 3.05) is 25.7 Å². The predicted molar refractivity (Wildman–Crippen MR) is 114 cm³/mol. The number of rotatable bonds is 12. The average molecular weight is 449 g/mol. The van der Waals surface area contributed by atoms with Crippen LogP contribution in [0.25, 0.3) is 0 Å². The van der Waals surface area contributed by atoms with E-state index in [1.807, 2.05) is 6.26 Å². The van der Waals surface area contributed by atoms with Crippen molar-refractivity contribution in [3.05, 3.63) is 33.8 Å². The number of ether oxygens (including phenoxy) is 1. The SMILES string of the molecule is COC(=O)CCCCCNC(=O)C(CCSC)NC(=O)c1ccc(Cl)cc1Cl. The molecule has 0 saturated heterocycles. The second kappa shape index (κ2) is 13.7. The maximum absolute atomic E-state index is 12.5. The minimum absolute atomic E-state index is 0.232. The van der Waals surface area contributed by atoms with Crippen molar-refractivity contribution in [2.45, 2.75) is 38.1 Å². The highest BCUT2D eigenvalue weighted by Gasteiger charge is 2.22. The lowest BCUT2D eigenvalue weighted by molar-refractivity contribution is -0.140. The van der Waals surface area contributed by atoms with Crippen LogP contribution in [0.1, 0.15) is 42.5 Å². The lowest BCUT2D eigenvalue weighted by Gasteiger charge is -2.18. The molecule has 9 heteroatoms. The smallest absolute Gasteiger partial charge is 0.305 e. The van der Waals surface area contributed by atoms with Crippen LogP contribution in [0.2, 0.25) is 10.0 Å². The third-order valence-corrected chi connectivity index (χ3v) is 5.18. The molecule has 0 bridgehead atoms. The quantitative estimate of drug-likeness (QED) is 0.376. The number of benzene rings is 1. The number of thioether (sulfide) groups is 1. The summed E-state index contributed by atoms with van der Waals surface area (Å²) < 4.78 is 4.58. The fraction of sp³-hybridized carbons (Fsp3) is 0.526. The number of hydrogen-bond acceptors (Lipinski definition) is 5. The van der Waals surface area contributed by atoms with Crippen LogP contribution in [0.3, 0.4) is 0 Å². The Morgan fingerprint density at radius 3 is 2.57 bits per heavy atom. The molecule has 0 spiro atoms. The normalized spacial score (nSPS) is 11.6. The minimum atomic E-state index is -0.651. The molecule has 6 nitrogen and oxygen atoms in total. The molecule has 1 atom stereocenters. The minimum Gasteiger partial charge on any atom is -0.469 e. The van der Waals surface area contributed by atoms with Gasteiger partial charge in [-0.25, -0.2) is 0 Å². The van der Waals surface area contributed by atoms with E-state index in [1.54, 1.807) is 17.8 Å². The second-order valence-corrected chi connectivity index (χ2v) is 7.94. The summed E-state index contributed by atoms with van der Waals surface area (Å²) in [4.78, 5) is 36.0. The summed E-state index contributed by atoms with van der Waals surface area (Å²) in [5, 5.41) is 6.26. The van der Waals surface area contributed by atoms with Gasteiger partial charge in [0.2, 0.25) is 5.91 Å². The van der Waals surface area contributed by atoms with Gasteiger partial charge < -0.3 is 15.4 Å². The number of unbranched alkanes of at least 4 members (excludes halogenated alkanes) is 2. The summed E-state index contributed by atoms with van der Waals surface area (Å²) >= 11 is 13.5. The number of esters is 1. The van der Waals surface area contributed by atoms with Crippen molar-refractivity contribution in [3.63, 3.8) is 0 Å². The summed E-state index contributed by atoms with van der Waals surface area (Å²) in [5.74, 6) is -0.155. The number of amides is 2. The van der Waals surface area contributed by atoms with Crippen molar-refractivity contribution in [3.8, 4) is 0 Å². The molecule has 0 aliphatic heterocycles. The third kappa shape index (κ3) is 9.17. The maximum atomic E-state index is 12.5. The number of halogens is 2. The molecule has 2 amide bonds. The molecule has 0 aliphatic carbocycles. The first-order valence-electron chi connectivity index (χ1n) is 8.98. The van der Waals surface area contributed by atoms with Crippen LogP contribution in [0.15, 0.2) is 18.2 Å². The Hall–Kier alpha value is -1.44. The van der Waals surface area contributed by atoms with Crippen LogP contribution < -0.4 is 10.6 Å². The first kappa shape index (κ1) is 24.6. The fourth-order valence-corrected chi connectivity index (χ4v) is 3.39. The standard InChI is InChI=1S/C19H26Cl2N2O4S/c1-27-17(24)6-4-3-5-10-22-19(26)16(9-11-28-2)23-18(25)14-8-7-13(20)12-15(14)21/h7-8,12,16H,3-6,9-11H2,1-2H3,(H,22,26)(H,23,25). The van der Waals surface area contributed by atoms with Crippen LogP contribution in [0.4, 0.5) is 0 Å². The molecule has 1 aromatic rings. The highest BCUT2D eigenvalue weighted by Crippen LogP contribution is 2.21. The van der Waals surface area contributed by atoms with Crippen LogP contribution in [-0.4, -0.2) is 49.5 Å². The van der Waals surface area contributed by atoms with Crippen molar-refractivity contribution in [1.82, 2.24) is 10.6 Å². The summed E-state index contributed by atoms with van der Waals surface area (Å²) in [5.41, 5.74) is 0.274. The largest absolute Gasteiger partial charge is 0.469 e. The number of methoxy groups -OCH3 is 1. The van der Waals surface area contributed by atoms with Gasteiger partial charge in [-0.05, 0) is 49.5 Å². The van der Waals surface area contributed by atoms with Gasteiger partial charge in [0.1, 0.15) is 6.04 Å². The van der Waals surface area contributed by atoms with Gasteiger partial charge in [-0.3, -0.25) is 14.4 Å². The molecule has 0 aliphatic rings. The second-order valence-electron chi connectivity index (χ2n) is 6.11. The molecule has 1 aromatic carbocycles. The Labute approximate surface area is 180 Å². The van der Waals surface area contributed by atoms with Crippen molar-refractivity contribution in [1.29, 1.82) is 0 Å². The Balaban J connectivity index is 2.53. The van der Waals surface area contributed by atoms with Gasteiger partial charge in [0.25, 0.3) is 5.91 Å². The monoisotopic (exact) mass is 448 g/mol. The van der Waals surface area contributed by atoms with E-state index >= 15 is 0 Å². The van der Waals surface area contributed by atoms with Gasteiger partial charge >= 0.3 is 5.97 Å². The molecule has 0 aromatic heterocycles. The van der Waals surface area contributed by atoms with Crippen LogP contribution in [-0.2, 0) is 14.3 Å². The van der Waals surface area contributed by atoms with E-state index in [4.69, 9.17) is 23.2 Å². The van der Waals surface area contributed by atoms with Gasteiger partial charge in [0, 0.05) is 18.0 Å². The Kier molecular flexibility index (Phi) is 12.0. The van der Waals surface area contributed by atoms with Crippen molar-refractivity contribution < 1.29 is 19.1 Å². The van der Waals surface area contributed by atoms with Crippen molar-refractivity contribution in [2.24, 2.45) is 0 Å². The first-order chi connectivity index (χ1) is 13.4. The molecule has 156 valence electrons. The summed E-state index contributed by atoms with van der Waals surface area (Å²) in [6.45, 7) is 0.480. The van der Waals surface area contributed by atoms with Gasteiger partial charge in [-0.2, -0.15) is 11.8 Å². The maximum Gasteiger partial charge on any atom is 0.305 e. The van der Waals surface area contributed by atoms with E-state index < -0.39 is 11.9 Å². The molecule has 0 heterocycles. The first-order valence-corrected chi connectivity index (χ1v) is 11.1.